The molecule has 0 bridgehead atoms. The number of aromatic amines is 1. The molecule has 2 N–H and O–H groups in total. The number of pyridine rings is 1. The zero-order valence-corrected chi connectivity index (χ0v) is 13.5. The number of ether oxygens (including phenoxy) is 1. The van der Waals surface area contributed by atoms with E-state index in [2.05, 4.69) is 17.2 Å². The molecule has 4 nitrogen and oxygen atoms in total. The van der Waals surface area contributed by atoms with Gasteiger partial charge in [-0.1, -0.05) is 25.1 Å². The molecule has 0 aliphatic heterocycles. The lowest BCUT2D eigenvalue weighted by Gasteiger charge is -2.11. The molecule has 0 saturated carbocycles. The Morgan fingerprint density at radius 3 is 2.73 bits per heavy atom. The molecule has 2 aromatic rings. The maximum atomic E-state index is 12.1. The topological polar surface area (TPSA) is 54.1 Å². The summed E-state index contributed by atoms with van der Waals surface area (Å²) in [6.45, 7) is 7.60. The molecule has 4 heteroatoms. The van der Waals surface area contributed by atoms with Crippen LogP contribution >= 0.6 is 0 Å². The van der Waals surface area contributed by atoms with Crippen molar-refractivity contribution in [1.29, 1.82) is 0 Å². The summed E-state index contributed by atoms with van der Waals surface area (Å²) in [7, 11) is 0. The summed E-state index contributed by atoms with van der Waals surface area (Å²) in [6, 6.07) is 11.6. The molecule has 0 fully saturated rings. The number of benzene rings is 1. The first-order valence-corrected chi connectivity index (χ1v) is 7.80. The van der Waals surface area contributed by atoms with E-state index in [9.17, 15) is 4.79 Å². The van der Waals surface area contributed by atoms with E-state index in [0.717, 1.165) is 35.5 Å². The summed E-state index contributed by atoms with van der Waals surface area (Å²) in [5.74, 6) is 0.807. The van der Waals surface area contributed by atoms with E-state index in [1.165, 1.54) is 0 Å². The van der Waals surface area contributed by atoms with Gasteiger partial charge >= 0.3 is 0 Å². The molecule has 1 aromatic heterocycles. The van der Waals surface area contributed by atoms with Crippen LogP contribution in [0.3, 0.4) is 0 Å². The smallest absolute Gasteiger partial charge is 0.252 e. The third-order valence-electron chi connectivity index (χ3n) is 3.25. The highest BCUT2D eigenvalue weighted by atomic mass is 16.5. The van der Waals surface area contributed by atoms with Crippen LogP contribution in [0.4, 0.5) is 0 Å². The van der Waals surface area contributed by atoms with Crippen LogP contribution in [0, 0.1) is 0 Å². The lowest BCUT2D eigenvalue weighted by molar-refractivity contribution is 0.242. The Kier molecular flexibility index (Phi) is 5.78. The molecule has 1 heterocycles. The average molecular weight is 300 g/mol. The summed E-state index contributed by atoms with van der Waals surface area (Å²) in [4.78, 5) is 15.1. The fraction of sp³-hybridized carbons (Fsp3) is 0.389. The van der Waals surface area contributed by atoms with Gasteiger partial charge in [0.2, 0.25) is 0 Å². The highest BCUT2D eigenvalue weighted by Gasteiger charge is 2.05. The summed E-state index contributed by atoms with van der Waals surface area (Å²) in [6.07, 6.45) is 1.18. The van der Waals surface area contributed by atoms with E-state index in [1.54, 1.807) is 0 Å². The van der Waals surface area contributed by atoms with Crippen LogP contribution < -0.4 is 15.6 Å². The van der Waals surface area contributed by atoms with Crippen molar-refractivity contribution in [2.45, 2.75) is 39.8 Å². The van der Waals surface area contributed by atoms with Gasteiger partial charge in [-0.25, -0.2) is 0 Å². The van der Waals surface area contributed by atoms with Gasteiger partial charge in [0, 0.05) is 23.4 Å². The Bertz CT molecular complexity index is 662. The third kappa shape index (κ3) is 4.46. The second kappa shape index (κ2) is 7.80. The number of H-pyrrole nitrogens is 1. The predicted octanol–water partition coefficient (Wildman–Crippen LogP) is 3.33. The molecule has 0 aliphatic rings. The van der Waals surface area contributed by atoms with Crippen molar-refractivity contribution in [1.82, 2.24) is 10.3 Å². The van der Waals surface area contributed by atoms with Crippen LogP contribution in [0.2, 0.25) is 0 Å². The molecule has 0 aliphatic carbocycles. The first-order valence-electron chi connectivity index (χ1n) is 7.80. The zero-order chi connectivity index (χ0) is 15.9. The Balaban J connectivity index is 2.19. The Morgan fingerprint density at radius 1 is 1.23 bits per heavy atom. The van der Waals surface area contributed by atoms with E-state index in [-0.39, 0.29) is 11.7 Å². The van der Waals surface area contributed by atoms with Crippen molar-refractivity contribution in [2.75, 3.05) is 6.54 Å². The quantitative estimate of drug-likeness (QED) is 0.771. The standard InChI is InChI=1S/C18H24N2O2/c1-4-10-19-12-15-8-9-17(20-18(15)21)14-6-5-7-16(11-14)22-13(2)3/h5-9,11,13,19H,4,10,12H2,1-3H3,(H,20,21). The first kappa shape index (κ1) is 16.3. The molecule has 0 amide bonds. The lowest BCUT2D eigenvalue weighted by atomic mass is 10.1. The van der Waals surface area contributed by atoms with E-state index in [1.807, 2.05) is 50.2 Å². The molecule has 118 valence electrons. The number of hydrogen-bond acceptors (Lipinski definition) is 3. The second-order valence-corrected chi connectivity index (χ2v) is 5.60. The van der Waals surface area contributed by atoms with Crippen LogP contribution in [-0.2, 0) is 6.54 Å². The van der Waals surface area contributed by atoms with Crippen molar-refractivity contribution >= 4 is 0 Å². The molecule has 2 rings (SSSR count). The van der Waals surface area contributed by atoms with E-state index >= 15 is 0 Å². The number of hydrogen-bond donors (Lipinski definition) is 2. The molecule has 0 saturated heterocycles. The van der Waals surface area contributed by atoms with Gasteiger partial charge in [-0.15, -0.1) is 0 Å². The monoisotopic (exact) mass is 300 g/mol. The summed E-state index contributed by atoms with van der Waals surface area (Å²) in [5.41, 5.74) is 2.46. The second-order valence-electron chi connectivity index (χ2n) is 5.60. The van der Waals surface area contributed by atoms with Crippen molar-refractivity contribution in [2.24, 2.45) is 0 Å². The highest BCUT2D eigenvalue weighted by Crippen LogP contribution is 2.22. The van der Waals surface area contributed by atoms with Crippen molar-refractivity contribution < 1.29 is 4.74 Å². The predicted molar refractivity (Wildman–Crippen MR) is 90.3 cm³/mol. The van der Waals surface area contributed by atoms with Gasteiger partial charge in [-0.2, -0.15) is 0 Å². The zero-order valence-electron chi connectivity index (χ0n) is 13.5. The first-order chi connectivity index (χ1) is 10.6. The van der Waals surface area contributed by atoms with Crippen LogP contribution in [0.15, 0.2) is 41.2 Å². The van der Waals surface area contributed by atoms with E-state index < -0.39 is 0 Å². The van der Waals surface area contributed by atoms with Crippen LogP contribution in [0.1, 0.15) is 32.8 Å². The van der Waals surface area contributed by atoms with E-state index in [4.69, 9.17) is 4.74 Å². The maximum Gasteiger partial charge on any atom is 0.252 e. The fourth-order valence-corrected chi connectivity index (χ4v) is 2.22. The van der Waals surface area contributed by atoms with Gasteiger partial charge in [-0.05, 0) is 45.0 Å². The molecule has 0 radical (unpaired) electrons. The minimum Gasteiger partial charge on any atom is -0.491 e. The van der Waals surface area contributed by atoms with Gasteiger partial charge in [0.1, 0.15) is 5.75 Å². The van der Waals surface area contributed by atoms with Crippen LogP contribution in [0.25, 0.3) is 11.3 Å². The Morgan fingerprint density at radius 2 is 2.05 bits per heavy atom. The van der Waals surface area contributed by atoms with Crippen molar-refractivity contribution in [3.8, 4) is 17.0 Å². The van der Waals surface area contributed by atoms with Gasteiger partial charge in [0.05, 0.1) is 6.10 Å². The van der Waals surface area contributed by atoms with Crippen molar-refractivity contribution in [3.63, 3.8) is 0 Å². The highest BCUT2D eigenvalue weighted by molar-refractivity contribution is 5.61. The number of rotatable bonds is 7. The fourth-order valence-electron chi connectivity index (χ4n) is 2.22. The average Bonchev–Trinajstić information content (AvgIpc) is 2.48. The molecular formula is C18H24N2O2. The maximum absolute atomic E-state index is 12.1. The van der Waals surface area contributed by atoms with Crippen LogP contribution in [0.5, 0.6) is 5.75 Å². The molecule has 1 aromatic carbocycles. The van der Waals surface area contributed by atoms with Crippen LogP contribution in [-0.4, -0.2) is 17.6 Å². The van der Waals surface area contributed by atoms with Gasteiger partial charge < -0.3 is 15.0 Å². The Hall–Kier alpha value is -2.07. The summed E-state index contributed by atoms with van der Waals surface area (Å²) < 4.78 is 5.69. The molecule has 0 unspecified atom stereocenters. The minimum atomic E-state index is -0.0451. The molecule has 0 atom stereocenters. The molecular weight excluding hydrogens is 276 g/mol. The molecule has 0 spiro atoms. The van der Waals surface area contributed by atoms with Crippen molar-refractivity contribution in [3.05, 3.63) is 52.3 Å². The summed E-state index contributed by atoms with van der Waals surface area (Å²) in [5, 5.41) is 3.24. The third-order valence-corrected chi connectivity index (χ3v) is 3.25. The largest absolute Gasteiger partial charge is 0.491 e. The van der Waals surface area contributed by atoms with Gasteiger partial charge in [0.25, 0.3) is 5.56 Å². The number of nitrogens with one attached hydrogen (secondary N) is 2. The lowest BCUT2D eigenvalue weighted by Crippen LogP contribution is -2.21. The molecule has 22 heavy (non-hydrogen) atoms. The van der Waals surface area contributed by atoms with E-state index in [0.29, 0.717) is 6.54 Å². The minimum absolute atomic E-state index is 0.0451. The normalized spacial score (nSPS) is 10.9. The Labute approximate surface area is 131 Å². The number of aromatic nitrogens is 1. The SMILES string of the molecule is CCCNCc1ccc(-c2cccc(OC(C)C)c2)[nH]c1=O. The van der Waals surface area contributed by atoms with Gasteiger partial charge in [0.15, 0.2) is 0 Å². The summed E-state index contributed by atoms with van der Waals surface area (Å²) >= 11 is 0. The van der Waals surface area contributed by atoms with Gasteiger partial charge in [-0.3, -0.25) is 4.79 Å².